The monoisotopic (exact) mass is 411 g/mol. The van der Waals surface area contributed by atoms with E-state index in [0.29, 0.717) is 11.5 Å². The standard InChI is InChI=1S/C17H20BF2N3O4S/c1-16(2)17(3,4)27-18(26-16)10-7-14(15(21)22-9-10)28(24,25)23-13-6-5-11(19)8-12(13)20/h5-9,23H,1-4H3,(H2,21,22). The summed E-state index contributed by atoms with van der Waals surface area (Å²) in [4.78, 5) is 3.54. The van der Waals surface area contributed by atoms with Gasteiger partial charge in [-0.3, -0.25) is 4.72 Å². The third-order valence-corrected chi connectivity index (χ3v) is 6.29. The molecule has 3 N–H and O–H groups in total. The van der Waals surface area contributed by atoms with Gasteiger partial charge < -0.3 is 15.0 Å². The maximum absolute atomic E-state index is 13.8. The highest BCUT2D eigenvalue weighted by Crippen LogP contribution is 2.36. The molecule has 0 spiro atoms. The molecule has 1 aliphatic heterocycles. The summed E-state index contributed by atoms with van der Waals surface area (Å²) in [7, 11) is -5.15. The van der Waals surface area contributed by atoms with Crippen LogP contribution in [-0.4, -0.2) is 31.7 Å². The van der Waals surface area contributed by atoms with Gasteiger partial charge in [0.25, 0.3) is 10.0 Å². The maximum Gasteiger partial charge on any atom is 0.496 e. The largest absolute Gasteiger partial charge is 0.496 e. The van der Waals surface area contributed by atoms with Crippen LogP contribution in [0.3, 0.4) is 0 Å². The summed E-state index contributed by atoms with van der Waals surface area (Å²) >= 11 is 0. The SMILES string of the molecule is CC1(C)OB(c2cnc(N)c(S(=O)(=O)Nc3ccc(F)cc3F)c2)OC1(C)C. The smallest absolute Gasteiger partial charge is 0.399 e. The lowest BCUT2D eigenvalue weighted by Crippen LogP contribution is -2.41. The molecule has 1 fully saturated rings. The Morgan fingerprint density at radius 2 is 1.71 bits per heavy atom. The number of nitrogen functional groups attached to an aromatic ring is 1. The molecule has 2 aromatic rings. The first-order valence-electron chi connectivity index (χ1n) is 8.41. The summed E-state index contributed by atoms with van der Waals surface area (Å²) in [6.45, 7) is 7.42. The van der Waals surface area contributed by atoms with Crippen LogP contribution in [0, 0.1) is 11.6 Å². The van der Waals surface area contributed by atoms with Crippen molar-refractivity contribution in [1.29, 1.82) is 0 Å². The zero-order chi connectivity index (χ0) is 20.9. The summed E-state index contributed by atoms with van der Waals surface area (Å²) in [5.74, 6) is -2.17. The molecule has 7 nitrogen and oxygen atoms in total. The van der Waals surface area contributed by atoms with E-state index in [4.69, 9.17) is 15.0 Å². The van der Waals surface area contributed by atoms with Crippen molar-refractivity contribution in [3.05, 3.63) is 42.1 Å². The van der Waals surface area contributed by atoms with Crippen molar-refractivity contribution in [1.82, 2.24) is 4.98 Å². The molecule has 3 rings (SSSR count). The van der Waals surface area contributed by atoms with Gasteiger partial charge in [0, 0.05) is 17.7 Å². The Labute approximate surface area is 162 Å². The van der Waals surface area contributed by atoms with E-state index in [0.717, 1.165) is 12.1 Å². The molecule has 0 saturated carbocycles. The average Bonchev–Trinajstić information content (AvgIpc) is 2.78. The highest BCUT2D eigenvalue weighted by molar-refractivity contribution is 7.92. The molecular formula is C17H20BF2N3O4S. The van der Waals surface area contributed by atoms with Crippen LogP contribution in [0.2, 0.25) is 0 Å². The number of sulfonamides is 1. The highest BCUT2D eigenvalue weighted by Gasteiger charge is 2.52. The fourth-order valence-electron chi connectivity index (χ4n) is 2.57. The number of aromatic nitrogens is 1. The maximum atomic E-state index is 13.8. The van der Waals surface area contributed by atoms with Crippen LogP contribution in [0.4, 0.5) is 20.3 Å². The zero-order valence-electron chi connectivity index (χ0n) is 15.8. The second kappa shape index (κ2) is 6.68. The fraction of sp³-hybridized carbons (Fsp3) is 0.353. The Hall–Kier alpha value is -2.24. The average molecular weight is 411 g/mol. The molecule has 0 aliphatic carbocycles. The van der Waals surface area contributed by atoms with E-state index in [1.165, 1.54) is 12.3 Å². The Bertz CT molecular complexity index is 1020. The molecule has 0 amide bonds. The van der Waals surface area contributed by atoms with Crippen molar-refractivity contribution in [2.75, 3.05) is 10.5 Å². The Morgan fingerprint density at radius 1 is 1.11 bits per heavy atom. The van der Waals surface area contributed by atoms with Crippen molar-refractivity contribution in [2.24, 2.45) is 0 Å². The van der Waals surface area contributed by atoms with Crippen LogP contribution < -0.4 is 15.9 Å². The first-order chi connectivity index (χ1) is 12.8. The van der Waals surface area contributed by atoms with Crippen LogP contribution >= 0.6 is 0 Å². The van der Waals surface area contributed by atoms with Gasteiger partial charge in [-0.1, -0.05) is 0 Å². The summed E-state index contributed by atoms with van der Waals surface area (Å²) in [5, 5.41) is 0. The van der Waals surface area contributed by atoms with Gasteiger partial charge in [-0.15, -0.1) is 0 Å². The van der Waals surface area contributed by atoms with Crippen LogP contribution in [0.1, 0.15) is 27.7 Å². The van der Waals surface area contributed by atoms with E-state index >= 15 is 0 Å². The third-order valence-electron chi connectivity index (χ3n) is 4.89. The van der Waals surface area contributed by atoms with E-state index in [-0.39, 0.29) is 10.7 Å². The molecule has 0 unspecified atom stereocenters. The Morgan fingerprint density at radius 3 is 2.29 bits per heavy atom. The number of rotatable bonds is 4. The van der Waals surface area contributed by atoms with Crippen LogP contribution in [-0.2, 0) is 19.3 Å². The number of benzene rings is 1. The van der Waals surface area contributed by atoms with Gasteiger partial charge in [0.1, 0.15) is 22.3 Å². The molecule has 11 heteroatoms. The highest BCUT2D eigenvalue weighted by atomic mass is 32.2. The van der Waals surface area contributed by atoms with Crippen molar-refractivity contribution in [3.8, 4) is 0 Å². The molecule has 0 atom stereocenters. The quantitative estimate of drug-likeness (QED) is 0.747. The molecule has 2 heterocycles. The van der Waals surface area contributed by atoms with Crippen LogP contribution in [0.5, 0.6) is 0 Å². The van der Waals surface area contributed by atoms with Crippen molar-refractivity contribution >= 4 is 34.1 Å². The van der Waals surface area contributed by atoms with E-state index in [1.54, 1.807) is 0 Å². The van der Waals surface area contributed by atoms with Gasteiger partial charge in [0.2, 0.25) is 0 Å². The molecule has 1 aliphatic rings. The predicted octanol–water partition coefficient (Wildman–Crippen LogP) is 2.04. The lowest BCUT2D eigenvalue weighted by atomic mass is 9.80. The molecular weight excluding hydrogens is 391 g/mol. The first kappa shape index (κ1) is 20.5. The van der Waals surface area contributed by atoms with Crippen LogP contribution in [0.25, 0.3) is 0 Å². The lowest BCUT2D eigenvalue weighted by Gasteiger charge is -2.32. The summed E-state index contributed by atoms with van der Waals surface area (Å²) in [5.41, 5.74) is 4.39. The Balaban J connectivity index is 1.95. The van der Waals surface area contributed by atoms with Crippen LogP contribution in [0.15, 0.2) is 35.4 Å². The summed E-state index contributed by atoms with van der Waals surface area (Å²) in [6.07, 6.45) is 1.36. The minimum Gasteiger partial charge on any atom is -0.399 e. The number of anilines is 2. The lowest BCUT2D eigenvalue weighted by molar-refractivity contribution is 0.00578. The van der Waals surface area contributed by atoms with Gasteiger partial charge in [-0.2, -0.15) is 0 Å². The minimum atomic E-state index is -4.30. The van der Waals surface area contributed by atoms with E-state index in [2.05, 4.69) is 9.71 Å². The van der Waals surface area contributed by atoms with Crippen molar-refractivity contribution in [3.63, 3.8) is 0 Å². The number of halogens is 2. The van der Waals surface area contributed by atoms with Gasteiger partial charge in [0.15, 0.2) is 0 Å². The number of pyridine rings is 1. The number of nitrogens with two attached hydrogens (primary N) is 1. The predicted molar refractivity (Wildman–Crippen MR) is 102 cm³/mol. The molecule has 0 bridgehead atoms. The van der Waals surface area contributed by atoms with E-state index in [1.807, 2.05) is 27.7 Å². The van der Waals surface area contributed by atoms with Gasteiger partial charge in [-0.25, -0.2) is 22.2 Å². The molecule has 0 radical (unpaired) electrons. The molecule has 150 valence electrons. The van der Waals surface area contributed by atoms with E-state index < -0.39 is 45.7 Å². The Kier molecular flexibility index (Phi) is 4.89. The zero-order valence-corrected chi connectivity index (χ0v) is 16.6. The molecule has 28 heavy (non-hydrogen) atoms. The fourth-order valence-corrected chi connectivity index (χ4v) is 3.75. The normalized spacial score (nSPS) is 18.3. The topological polar surface area (TPSA) is 104 Å². The third kappa shape index (κ3) is 3.69. The number of hydrogen-bond acceptors (Lipinski definition) is 6. The number of nitrogens with one attached hydrogen (secondary N) is 1. The van der Waals surface area contributed by atoms with Crippen molar-refractivity contribution in [2.45, 2.75) is 43.8 Å². The second-order valence-corrected chi connectivity index (χ2v) is 9.12. The van der Waals surface area contributed by atoms with E-state index in [9.17, 15) is 17.2 Å². The first-order valence-corrected chi connectivity index (χ1v) is 9.90. The molecule has 1 aromatic heterocycles. The minimum absolute atomic E-state index is 0.282. The van der Waals surface area contributed by atoms with Crippen molar-refractivity contribution < 1.29 is 26.5 Å². The van der Waals surface area contributed by atoms with Gasteiger partial charge in [-0.05, 0) is 45.9 Å². The van der Waals surface area contributed by atoms with Gasteiger partial charge >= 0.3 is 7.12 Å². The van der Waals surface area contributed by atoms with Gasteiger partial charge in [0.05, 0.1) is 16.9 Å². The summed E-state index contributed by atoms with van der Waals surface area (Å²) in [6, 6.07) is 3.74. The summed E-state index contributed by atoms with van der Waals surface area (Å²) < 4.78 is 66.1. The second-order valence-electron chi connectivity index (χ2n) is 7.47. The number of nitrogens with zero attached hydrogens (tertiary/aromatic N) is 1. The molecule has 1 aromatic carbocycles. The number of hydrogen-bond donors (Lipinski definition) is 2. The molecule has 1 saturated heterocycles.